The van der Waals surface area contributed by atoms with Crippen molar-refractivity contribution in [3.05, 3.63) is 53.6 Å². The Morgan fingerprint density at radius 2 is 1.89 bits per heavy atom. The molecule has 2 amide bonds. The van der Waals surface area contributed by atoms with Crippen LogP contribution in [-0.4, -0.2) is 31.4 Å². The van der Waals surface area contributed by atoms with Crippen molar-refractivity contribution in [2.45, 2.75) is 19.8 Å². The number of hydrogen-bond donors (Lipinski definition) is 1. The third-order valence-electron chi connectivity index (χ3n) is 5.41. The first-order valence-corrected chi connectivity index (χ1v) is 9.42. The van der Waals surface area contributed by atoms with Gasteiger partial charge in [0.1, 0.15) is 17.6 Å². The van der Waals surface area contributed by atoms with Gasteiger partial charge in [0.05, 0.1) is 0 Å². The molecule has 0 saturated carbocycles. The number of carbonyl (C=O) groups excluding carboxylic acids is 2. The van der Waals surface area contributed by atoms with Crippen LogP contribution in [-0.2, 0) is 16.0 Å². The highest BCUT2D eigenvalue weighted by atomic mass is 19.1. The van der Waals surface area contributed by atoms with E-state index in [1.807, 2.05) is 18.2 Å². The van der Waals surface area contributed by atoms with Crippen molar-refractivity contribution in [2.75, 3.05) is 34.8 Å². The number of carbonyl (C=O) groups is 2. The van der Waals surface area contributed by atoms with Crippen LogP contribution in [0.15, 0.2) is 36.4 Å². The van der Waals surface area contributed by atoms with E-state index in [0.29, 0.717) is 12.1 Å². The van der Waals surface area contributed by atoms with Gasteiger partial charge in [0.15, 0.2) is 0 Å². The quantitative estimate of drug-likeness (QED) is 0.822. The average Bonchev–Trinajstić information content (AvgIpc) is 3.23. The van der Waals surface area contributed by atoms with Gasteiger partial charge in [-0.15, -0.1) is 0 Å². The highest BCUT2D eigenvalue weighted by molar-refractivity contribution is 6.13. The minimum Gasteiger partial charge on any atom is -0.371 e. The predicted octanol–water partition coefficient (Wildman–Crippen LogP) is 3.34. The molecule has 1 saturated heterocycles. The lowest BCUT2D eigenvalue weighted by atomic mass is 10.1. The molecular weight excluding hydrogens is 364 g/mol. The molecule has 0 spiro atoms. The van der Waals surface area contributed by atoms with Crippen molar-refractivity contribution in [2.24, 2.45) is 5.92 Å². The SMILES string of the molecule is CCN1CCc2ccc(NC(=O)C3CCN(c4cc(F)cc(F)c4)C3=O)cc21. The summed E-state index contributed by atoms with van der Waals surface area (Å²) in [5.74, 6) is -3.23. The van der Waals surface area contributed by atoms with E-state index in [-0.39, 0.29) is 12.2 Å². The summed E-state index contributed by atoms with van der Waals surface area (Å²) < 4.78 is 26.9. The van der Waals surface area contributed by atoms with E-state index in [9.17, 15) is 18.4 Å². The molecule has 28 heavy (non-hydrogen) atoms. The maximum Gasteiger partial charge on any atom is 0.239 e. The predicted molar refractivity (Wildman–Crippen MR) is 103 cm³/mol. The van der Waals surface area contributed by atoms with Crippen LogP contribution in [0.1, 0.15) is 18.9 Å². The van der Waals surface area contributed by atoms with Gasteiger partial charge in [-0.25, -0.2) is 8.78 Å². The fourth-order valence-electron chi connectivity index (χ4n) is 3.96. The second-order valence-corrected chi connectivity index (χ2v) is 7.12. The highest BCUT2D eigenvalue weighted by Crippen LogP contribution is 2.32. The topological polar surface area (TPSA) is 52.7 Å². The van der Waals surface area contributed by atoms with Gasteiger partial charge in [0, 0.05) is 42.8 Å². The number of nitrogens with one attached hydrogen (secondary N) is 1. The summed E-state index contributed by atoms with van der Waals surface area (Å²) in [6, 6.07) is 8.72. The van der Waals surface area contributed by atoms with Crippen LogP contribution in [0, 0.1) is 17.6 Å². The molecule has 1 unspecified atom stereocenters. The maximum atomic E-state index is 13.5. The van der Waals surface area contributed by atoms with Crippen molar-refractivity contribution in [1.82, 2.24) is 0 Å². The van der Waals surface area contributed by atoms with E-state index < -0.39 is 29.4 Å². The van der Waals surface area contributed by atoms with Crippen LogP contribution in [0.4, 0.5) is 25.8 Å². The smallest absolute Gasteiger partial charge is 0.239 e. The van der Waals surface area contributed by atoms with Crippen LogP contribution in [0.5, 0.6) is 0 Å². The van der Waals surface area contributed by atoms with Crippen LogP contribution in [0.3, 0.4) is 0 Å². The Morgan fingerprint density at radius 1 is 1.14 bits per heavy atom. The van der Waals surface area contributed by atoms with Crippen LogP contribution < -0.4 is 15.1 Å². The summed E-state index contributed by atoms with van der Waals surface area (Å²) in [6.45, 7) is 4.18. The monoisotopic (exact) mass is 385 g/mol. The van der Waals surface area contributed by atoms with E-state index in [2.05, 4.69) is 17.1 Å². The number of rotatable bonds is 4. The lowest BCUT2D eigenvalue weighted by molar-refractivity contribution is -0.129. The molecule has 4 rings (SSSR count). The lowest BCUT2D eigenvalue weighted by Gasteiger charge is -2.18. The van der Waals surface area contributed by atoms with Crippen molar-refractivity contribution in [1.29, 1.82) is 0 Å². The third-order valence-corrected chi connectivity index (χ3v) is 5.41. The van der Waals surface area contributed by atoms with Gasteiger partial charge in [0.25, 0.3) is 0 Å². The van der Waals surface area contributed by atoms with Crippen molar-refractivity contribution >= 4 is 28.9 Å². The van der Waals surface area contributed by atoms with Gasteiger partial charge in [-0.2, -0.15) is 0 Å². The number of fused-ring (bicyclic) bond motifs is 1. The summed E-state index contributed by atoms with van der Waals surface area (Å²) in [4.78, 5) is 28.8. The average molecular weight is 385 g/mol. The molecule has 7 heteroatoms. The maximum absolute atomic E-state index is 13.5. The second kappa shape index (κ2) is 7.22. The van der Waals surface area contributed by atoms with Crippen molar-refractivity contribution in [3.63, 3.8) is 0 Å². The first-order valence-electron chi connectivity index (χ1n) is 9.42. The summed E-state index contributed by atoms with van der Waals surface area (Å²) >= 11 is 0. The molecule has 1 N–H and O–H groups in total. The fraction of sp³-hybridized carbons (Fsp3) is 0.333. The van der Waals surface area contributed by atoms with Gasteiger partial charge in [-0.3, -0.25) is 9.59 Å². The molecule has 0 aromatic heterocycles. The molecule has 2 aliphatic rings. The molecule has 5 nitrogen and oxygen atoms in total. The molecule has 0 aliphatic carbocycles. The molecule has 0 bridgehead atoms. The summed E-state index contributed by atoms with van der Waals surface area (Å²) in [7, 11) is 0. The fourth-order valence-corrected chi connectivity index (χ4v) is 3.96. The van der Waals surface area contributed by atoms with Gasteiger partial charge in [-0.1, -0.05) is 6.07 Å². The van der Waals surface area contributed by atoms with Gasteiger partial charge >= 0.3 is 0 Å². The first kappa shape index (κ1) is 18.4. The van der Waals surface area contributed by atoms with Gasteiger partial charge in [0.2, 0.25) is 11.8 Å². The van der Waals surface area contributed by atoms with Gasteiger partial charge < -0.3 is 15.1 Å². The number of halogens is 2. The van der Waals surface area contributed by atoms with E-state index in [4.69, 9.17) is 0 Å². The highest BCUT2D eigenvalue weighted by Gasteiger charge is 2.38. The number of amides is 2. The number of anilines is 3. The molecule has 0 radical (unpaired) electrons. The minimum absolute atomic E-state index is 0.133. The Hall–Kier alpha value is -2.96. The Morgan fingerprint density at radius 3 is 2.61 bits per heavy atom. The summed E-state index contributed by atoms with van der Waals surface area (Å²) in [5, 5.41) is 2.82. The molecule has 1 atom stereocenters. The normalized spacial score (nSPS) is 18.5. The zero-order valence-electron chi connectivity index (χ0n) is 15.5. The van der Waals surface area contributed by atoms with E-state index in [1.165, 1.54) is 10.5 Å². The minimum atomic E-state index is -0.873. The zero-order valence-corrected chi connectivity index (χ0v) is 15.5. The number of benzene rings is 2. The van der Waals surface area contributed by atoms with E-state index >= 15 is 0 Å². The summed E-state index contributed by atoms with van der Waals surface area (Å²) in [5.41, 5.74) is 3.13. The molecule has 2 aliphatic heterocycles. The number of nitrogens with zero attached hydrogens (tertiary/aromatic N) is 2. The Labute approximate surface area is 161 Å². The molecule has 146 valence electrons. The van der Waals surface area contributed by atoms with E-state index in [0.717, 1.165) is 43.4 Å². The molecule has 2 heterocycles. The number of likely N-dealkylation sites (N-methyl/N-ethyl adjacent to an activating group) is 1. The van der Waals surface area contributed by atoms with E-state index in [1.54, 1.807) is 0 Å². The number of hydrogen-bond acceptors (Lipinski definition) is 3. The largest absolute Gasteiger partial charge is 0.371 e. The van der Waals surface area contributed by atoms with Crippen molar-refractivity contribution in [3.8, 4) is 0 Å². The van der Waals surface area contributed by atoms with Crippen LogP contribution in [0.25, 0.3) is 0 Å². The van der Waals surface area contributed by atoms with Gasteiger partial charge in [-0.05, 0) is 49.6 Å². The summed E-state index contributed by atoms with van der Waals surface area (Å²) in [6.07, 6.45) is 1.28. The Balaban J connectivity index is 1.48. The zero-order chi connectivity index (χ0) is 19.8. The van der Waals surface area contributed by atoms with Crippen LogP contribution >= 0.6 is 0 Å². The lowest BCUT2D eigenvalue weighted by Crippen LogP contribution is -2.33. The third kappa shape index (κ3) is 3.32. The first-order chi connectivity index (χ1) is 13.5. The molecule has 2 aromatic carbocycles. The van der Waals surface area contributed by atoms with Crippen molar-refractivity contribution < 1.29 is 18.4 Å². The molecule has 1 fully saturated rings. The Kier molecular flexibility index (Phi) is 4.75. The second-order valence-electron chi connectivity index (χ2n) is 7.12. The standard InChI is InChI=1S/C21H21F2N3O2/c1-2-25-7-5-13-3-4-16(12-19(13)25)24-20(27)18-6-8-26(21(18)28)17-10-14(22)9-15(23)11-17/h3-4,9-12,18H,2,5-8H2,1H3,(H,24,27). The Bertz CT molecular complexity index is 927. The molecule has 2 aromatic rings. The van der Waals surface area contributed by atoms with Crippen LogP contribution in [0.2, 0.25) is 0 Å². The molecular formula is C21H21F2N3O2.